The minimum atomic E-state index is -0.119. The van der Waals surface area contributed by atoms with E-state index in [1.807, 2.05) is 30.3 Å². The molecule has 25 heavy (non-hydrogen) atoms. The molecule has 0 bridgehead atoms. The quantitative estimate of drug-likeness (QED) is 0.825. The molecule has 4 rings (SSSR count). The molecule has 0 aliphatic carbocycles. The maximum absolute atomic E-state index is 12.9. The Balaban J connectivity index is 1.55. The van der Waals surface area contributed by atoms with Gasteiger partial charge in [0.2, 0.25) is 0 Å². The van der Waals surface area contributed by atoms with E-state index < -0.39 is 0 Å². The molecule has 2 aromatic carbocycles. The number of hydrogen-bond acceptors (Lipinski definition) is 4. The van der Waals surface area contributed by atoms with Crippen molar-refractivity contribution >= 4 is 17.5 Å². The summed E-state index contributed by atoms with van der Waals surface area (Å²) in [4.78, 5) is 14.7. The van der Waals surface area contributed by atoms with E-state index in [0.29, 0.717) is 55.0 Å². The minimum absolute atomic E-state index is 0.0805. The predicted molar refractivity (Wildman–Crippen MR) is 93.5 cm³/mol. The Labute approximate surface area is 151 Å². The smallest absolute Gasteiger partial charge is 0.254 e. The summed E-state index contributed by atoms with van der Waals surface area (Å²) >= 11 is 6.25. The van der Waals surface area contributed by atoms with Gasteiger partial charge < -0.3 is 19.1 Å². The fraction of sp³-hybridized carbons (Fsp3) is 0.316. The topological polar surface area (TPSA) is 48.0 Å². The van der Waals surface area contributed by atoms with Gasteiger partial charge in [-0.1, -0.05) is 41.9 Å². The van der Waals surface area contributed by atoms with Gasteiger partial charge in [-0.3, -0.25) is 4.79 Å². The van der Waals surface area contributed by atoms with Crippen LogP contribution in [-0.4, -0.2) is 43.7 Å². The lowest BCUT2D eigenvalue weighted by molar-refractivity contribution is -0.0228. The molecule has 1 atom stereocenters. The number of nitrogens with zero attached hydrogens (tertiary/aromatic N) is 1. The third kappa shape index (κ3) is 3.30. The lowest BCUT2D eigenvalue weighted by Crippen LogP contribution is -2.42. The zero-order valence-corrected chi connectivity index (χ0v) is 14.4. The van der Waals surface area contributed by atoms with Crippen molar-refractivity contribution in [3.63, 3.8) is 0 Å². The molecule has 1 amide bonds. The lowest BCUT2D eigenvalue weighted by atomic mass is 10.1. The number of ether oxygens (including phenoxy) is 3. The first kappa shape index (κ1) is 16.2. The van der Waals surface area contributed by atoms with Crippen LogP contribution < -0.4 is 9.47 Å². The number of carbonyl (C=O) groups is 1. The molecule has 2 heterocycles. The second-order valence-electron chi connectivity index (χ2n) is 6.00. The molecule has 0 spiro atoms. The number of halogens is 1. The Hall–Kier alpha value is -2.24. The average Bonchev–Trinajstić information content (AvgIpc) is 2.68. The summed E-state index contributed by atoms with van der Waals surface area (Å²) in [6.07, 6.45) is -0.119. The van der Waals surface area contributed by atoms with Crippen molar-refractivity contribution < 1.29 is 19.0 Å². The molecule has 0 radical (unpaired) electrons. The van der Waals surface area contributed by atoms with Crippen LogP contribution in [0.5, 0.6) is 11.5 Å². The van der Waals surface area contributed by atoms with E-state index in [1.165, 1.54) is 0 Å². The number of benzene rings is 2. The first-order chi connectivity index (χ1) is 12.2. The van der Waals surface area contributed by atoms with Crippen LogP contribution in [0, 0.1) is 0 Å². The standard InChI is InChI=1S/C19H18ClNO4/c20-15-10-14(11-16-18(15)25-9-8-24-16)19(22)21-6-7-23-17(12-21)13-4-2-1-3-5-13/h1-5,10-11,17H,6-9,12H2/t17-/m0/s1. The second kappa shape index (κ2) is 6.94. The third-order valence-electron chi connectivity index (χ3n) is 4.37. The fourth-order valence-corrected chi connectivity index (χ4v) is 3.39. The van der Waals surface area contributed by atoms with Crippen LogP contribution in [0.15, 0.2) is 42.5 Å². The van der Waals surface area contributed by atoms with Crippen LogP contribution >= 0.6 is 11.6 Å². The lowest BCUT2D eigenvalue weighted by Gasteiger charge is -2.33. The Bertz CT molecular complexity index is 780. The van der Waals surface area contributed by atoms with E-state index in [0.717, 1.165) is 5.56 Å². The van der Waals surface area contributed by atoms with E-state index in [4.69, 9.17) is 25.8 Å². The van der Waals surface area contributed by atoms with Gasteiger partial charge in [-0.25, -0.2) is 0 Å². The van der Waals surface area contributed by atoms with Crippen LogP contribution in [0.2, 0.25) is 5.02 Å². The molecule has 2 aliphatic rings. The number of morpholine rings is 1. The van der Waals surface area contributed by atoms with Crippen molar-refractivity contribution in [2.45, 2.75) is 6.10 Å². The molecule has 2 aliphatic heterocycles. The molecule has 0 saturated carbocycles. The van der Waals surface area contributed by atoms with Gasteiger partial charge in [-0.15, -0.1) is 0 Å². The van der Waals surface area contributed by atoms with Crippen molar-refractivity contribution in [3.8, 4) is 11.5 Å². The molecule has 2 aromatic rings. The molecule has 1 fully saturated rings. The molecule has 5 nitrogen and oxygen atoms in total. The van der Waals surface area contributed by atoms with Crippen molar-refractivity contribution in [2.24, 2.45) is 0 Å². The summed E-state index contributed by atoms with van der Waals surface area (Å²) in [5.41, 5.74) is 1.57. The zero-order valence-electron chi connectivity index (χ0n) is 13.6. The molecule has 0 aromatic heterocycles. The highest BCUT2D eigenvalue weighted by molar-refractivity contribution is 6.32. The van der Waals surface area contributed by atoms with Gasteiger partial charge in [0.15, 0.2) is 11.5 Å². The number of hydrogen-bond donors (Lipinski definition) is 0. The van der Waals surface area contributed by atoms with E-state index in [2.05, 4.69) is 0 Å². The van der Waals surface area contributed by atoms with Crippen molar-refractivity contribution in [2.75, 3.05) is 32.9 Å². The molecule has 130 valence electrons. The molecule has 0 unspecified atom stereocenters. The van der Waals surface area contributed by atoms with Gasteiger partial charge in [-0.2, -0.15) is 0 Å². The fourth-order valence-electron chi connectivity index (χ4n) is 3.12. The molecule has 6 heteroatoms. The van der Waals surface area contributed by atoms with Gasteiger partial charge in [0.25, 0.3) is 5.91 Å². The van der Waals surface area contributed by atoms with Crippen molar-refractivity contribution in [3.05, 3.63) is 58.6 Å². The summed E-state index contributed by atoms with van der Waals surface area (Å²) in [6.45, 7) is 2.48. The first-order valence-electron chi connectivity index (χ1n) is 8.27. The van der Waals surface area contributed by atoms with E-state index in [9.17, 15) is 4.79 Å². The Kier molecular flexibility index (Phi) is 4.51. The van der Waals surface area contributed by atoms with Gasteiger partial charge in [-0.05, 0) is 17.7 Å². The largest absolute Gasteiger partial charge is 0.486 e. The monoisotopic (exact) mass is 359 g/mol. The second-order valence-corrected chi connectivity index (χ2v) is 6.41. The van der Waals surface area contributed by atoms with E-state index >= 15 is 0 Å². The van der Waals surface area contributed by atoms with Gasteiger partial charge >= 0.3 is 0 Å². The summed E-state index contributed by atoms with van der Waals surface area (Å²) < 4.78 is 16.9. The maximum atomic E-state index is 12.9. The van der Waals surface area contributed by atoms with Crippen LogP contribution in [-0.2, 0) is 4.74 Å². The summed E-state index contributed by atoms with van der Waals surface area (Å²) in [7, 11) is 0. The SMILES string of the molecule is O=C(c1cc(Cl)c2c(c1)OCCO2)N1CCO[C@H](c2ccccc2)C1. The minimum Gasteiger partial charge on any atom is -0.486 e. The zero-order chi connectivity index (χ0) is 17.2. The Morgan fingerprint density at radius 1 is 1.08 bits per heavy atom. The van der Waals surface area contributed by atoms with Crippen LogP contribution in [0.25, 0.3) is 0 Å². The van der Waals surface area contributed by atoms with Crippen LogP contribution in [0.3, 0.4) is 0 Å². The van der Waals surface area contributed by atoms with Gasteiger partial charge in [0, 0.05) is 12.1 Å². The summed E-state index contributed by atoms with van der Waals surface area (Å²) in [6, 6.07) is 13.3. The number of fused-ring (bicyclic) bond motifs is 1. The highest BCUT2D eigenvalue weighted by Gasteiger charge is 2.28. The number of rotatable bonds is 2. The molecule has 0 N–H and O–H groups in total. The molecular weight excluding hydrogens is 342 g/mol. The normalized spacial score (nSPS) is 19.6. The van der Waals surface area contributed by atoms with Crippen LogP contribution in [0.4, 0.5) is 0 Å². The van der Waals surface area contributed by atoms with Gasteiger partial charge in [0.05, 0.1) is 18.2 Å². The third-order valence-corrected chi connectivity index (χ3v) is 4.65. The Morgan fingerprint density at radius 2 is 1.88 bits per heavy atom. The van der Waals surface area contributed by atoms with Crippen molar-refractivity contribution in [1.82, 2.24) is 4.90 Å². The van der Waals surface area contributed by atoms with E-state index in [1.54, 1.807) is 17.0 Å². The summed E-state index contributed by atoms with van der Waals surface area (Å²) in [5, 5.41) is 0.397. The van der Waals surface area contributed by atoms with Crippen LogP contribution in [0.1, 0.15) is 22.0 Å². The highest BCUT2D eigenvalue weighted by Crippen LogP contribution is 2.38. The average molecular weight is 360 g/mol. The maximum Gasteiger partial charge on any atom is 0.254 e. The number of carbonyl (C=O) groups excluding carboxylic acids is 1. The van der Waals surface area contributed by atoms with E-state index in [-0.39, 0.29) is 12.0 Å². The molecular formula is C19H18ClNO4. The summed E-state index contributed by atoms with van der Waals surface area (Å²) in [5.74, 6) is 0.951. The predicted octanol–water partition coefficient (Wildman–Crippen LogP) is 3.32. The number of amides is 1. The Morgan fingerprint density at radius 3 is 2.72 bits per heavy atom. The van der Waals surface area contributed by atoms with Gasteiger partial charge in [0.1, 0.15) is 19.3 Å². The molecule has 1 saturated heterocycles. The van der Waals surface area contributed by atoms with Crippen molar-refractivity contribution in [1.29, 1.82) is 0 Å². The highest BCUT2D eigenvalue weighted by atomic mass is 35.5. The first-order valence-corrected chi connectivity index (χ1v) is 8.65.